The molecule has 0 bridgehead atoms. The molecule has 21 heavy (non-hydrogen) atoms. The summed E-state index contributed by atoms with van der Waals surface area (Å²) < 4.78 is 24.5. The predicted octanol–water partition coefficient (Wildman–Crippen LogP) is 3.18. The van der Waals surface area contributed by atoms with Crippen LogP contribution in [0.4, 0.5) is 0 Å². The number of hydrogen-bond acceptors (Lipinski definition) is 3. The van der Waals surface area contributed by atoms with E-state index in [-0.39, 0.29) is 5.75 Å². The molecule has 0 aliphatic heterocycles. The fraction of sp³-hybridized carbons (Fsp3) is 0.625. The minimum Gasteiger partial charge on any atom is -0.314 e. The molecule has 0 spiro atoms. The molecule has 1 aromatic rings. The van der Waals surface area contributed by atoms with Crippen LogP contribution in [0.25, 0.3) is 0 Å². The van der Waals surface area contributed by atoms with Gasteiger partial charge in [0.05, 0.1) is 5.75 Å². The van der Waals surface area contributed by atoms with Gasteiger partial charge in [-0.25, -0.2) is 8.42 Å². The molecule has 2 rings (SSSR count). The third-order valence-corrected chi connectivity index (χ3v) is 6.19. The summed E-state index contributed by atoms with van der Waals surface area (Å²) in [6, 6.07) is 8.95. The second-order valence-electron chi connectivity index (χ2n) is 5.91. The Balaban J connectivity index is 1.93. The second kappa shape index (κ2) is 7.75. The lowest BCUT2D eigenvalue weighted by Crippen LogP contribution is -2.28. The lowest BCUT2D eigenvalue weighted by Gasteiger charge is -2.18. The Morgan fingerprint density at radius 1 is 1.38 bits per heavy atom. The number of benzene rings is 1. The molecule has 5 heteroatoms. The maximum Gasteiger partial charge on any atom is 0.150 e. The van der Waals surface area contributed by atoms with E-state index in [1.165, 1.54) is 18.4 Å². The van der Waals surface area contributed by atoms with E-state index in [9.17, 15) is 8.42 Å². The van der Waals surface area contributed by atoms with Gasteiger partial charge in [-0.2, -0.15) is 0 Å². The first-order chi connectivity index (χ1) is 9.98. The van der Waals surface area contributed by atoms with Crippen LogP contribution in [0.3, 0.4) is 0 Å². The Hall–Kier alpha value is -0.390. The van der Waals surface area contributed by atoms with Crippen molar-refractivity contribution in [2.24, 2.45) is 5.92 Å². The molecule has 0 radical (unpaired) electrons. The minimum atomic E-state index is -2.87. The number of nitrogens with one attached hydrogen (secondary N) is 1. The van der Waals surface area contributed by atoms with Crippen molar-refractivity contribution in [3.63, 3.8) is 0 Å². The Kier molecular flexibility index (Phi) is 6.26. The second-order valence-corrected chi connectivity index (χ2v) is 9.30. The average Bonchev–Trinajstić information content (AvgIpc) is 3.26. The Labute approximate surface area is 136 Å². The van der Waals surface area contributed by atoms with Crippen LogP contribution in [0.1, 0.15) is 31.7 Å². The van der Waals surface area contributed by atoms with Gasteiger partial charge in [0.25, 0.3) is 0 Å². The lowest BCUT2D eigenvalue weighted by atomic mass is 9.97. The highest BCUT2D eigenvalue weighted by molar-refractivity contribution is 9.10. The van der Waals surface area contributed by atoms with Gasteiger partial charge in [-0.15, -0.1) is 0 Å². The smallest absolute Gasteiger partial charge is 0.150 e. The Morgan fingerprint density at radius 2 is 2.14 bits per heavy atom. The molecule has 1 aliphatic carbocycles. The highest BCUT2D eigenvalue weighted by Gasteiger charge is 2.22. The molecule has 1 unspecified atom stereocenters. The van der Waals surface area contributed by atoms with Gasteiger partial charge in [-0.1, -0.05) is 35.0 Å². The summed E-state index contributed by atoms with van der Waals surface area (Å²) in [5.74, 6) is 0.919. The van der Waals surface area contributed by atoms with E-state index in [0.717, 1.165) is 23.9 Å². The van der Waals surface area contributed by atoms with Crippen LogP contribution < -0.4 is 5.32 Å². The van der Waals surface area contributed by atoms with E-state index in [1.54, 1.807) is 6.92 Å². The maximum atomic E-state index is 11.7. The van der Waals surface area contributed by atoms with Crippen molar-refractivity contribution >= 4 is 25.8 Å². The maximum absolute atomic E-state index is 11.7. The molecular formula is C16H24BrNO2S. The SMILES string of the molecule is CCS(=O)(=O)CCC(CNC1CC1)Cc1cccc(Br)c1. The first kappa shape index (κ1) is 17.0. The predicted molar refractivity (Wildman–Crippen MR) is 91.3 cm³/mol. The quantitative estimate of drug-likeness (QED) is 0.722. The zero-order chi connectivity index (χ0) is 15.3. The number of sulfone groups is 1. The summed E-state index contributed by atoms with van der Waals surface area (Å²) in [4.78, 5) is 0. The molecular weight excluding hydrogens is 350 g/mol. The third kappa shape index (κ3) is 6.49. The van der Waals surface area contributed by atoms with Gasteiger partial charge in [0.2, 0.25) is 0 Å². The standard InChI is InChI=1S/C16H24BrNO2S/c1-2-21(19,20)9-8-14(12-18-16-6-7-16)10-13-4-3-5-15(17)11-13/h3-5,11,14,16,18H,2,6-10,12H2,1H3. The van der Waals surface area contributed by atoms with Crippen molar-refractivity contribution in [2.75, 3.05) is 18.1 Å². The molecule has 1 aromatic carbocycles. The third-order valence-electron chi connectivity index (χ3n) is 3.96. The average molecular weight is 374 g/mol. The van der Waals surface area contributed by atoms with E-state index in [2.05, 4.69) is 33.4 Å². The Bertz CT molecular complexity index is 555. The van der Waals surface area contributed by atoms with Gasteiger partial charge < -0.3 is 5.32 Å². The number of hydrogen-bond donors (Lipinski definition) is 1. The van der Waals surface area contributed by atoms with Gasteiger partial charge >= 0.3 is 0 Å². The van der Waals surface area contributed by atoms with E-state index in [0.29, 0.717) is 17.7 Å². The van der Waals surface area contributed by atoms with Crippen molar-refractivity contribution in [3.05, 3.63) is 34.3 Å². The topological polar surface area (TPSA) is 46.2 Å². The monoisotopic (exact) mass is 373 g/mol. The summed E-state index contributed by atoms with van der Waals surface area (Å²) in [6.07, 6.45) is 4.19. The lowest BCUT2D eigenvalue weighted by molar-refractivity contribution is 0.457. The van der Waals surface area contributed by atoms with Crippen LogP contribution in [-0.4, -0.2) is 32.5 Å². The van der Waals surface area contributed by atoms with E-state index in [4.69, 9.17) is 0 Å². The van der Waals surface area contributed by atoms with Crippen LogP contribution in [0.5, 0.6) is 0 Å². The molecule has 0 amide bonds. The van der Waals surface area contributed by atoms with E-state index in [1.807, 2.05) is 12.1 Å². The number of halogens is 1. The zero-order valence-electron chi connectivity index (χ0n) is 12.5. The van der Waals surface area contributed by atoms with Crippen LogP contribution >= 0.6 is 15.9 Å². The molecule has 1 fully saturated rings. The van der Waals surface area contributed by atoms with Crippen molar-refractivity contribution in [2.45, 2.75) is 38.6 Å². The van der Waals surface area contributed by atoms with Crippen molar-refractivity contribution in [1.29, 1.82) is 0 Å². The highest BCUT2D eigenvalue weighted by atomic mass is 79.9. The summed E-state index contributed by atoms with van der Waals surface area (Å²) >= 11 is 3.49. The van der Waals surface area contributed by atoms with Crippen LogP contribution in [0.15, 0.2) is 28.7 Å². The molecule has 3 nitrogen and oxygen atoms in total. The molecule has 1 saturated carbocycles. The Morgan fingerprint density at radius 3 is 2.76 bits per heavy atom. The normalized spacial score (nSPS) is 16.9. The summed E-state index contributed by atoms with van der Waals surface area (Å²) in [5, 5.41) is 3.54. The van der Waals surface area contributed by atoms with Gasteiger partial charge in [0.15, 0.2) is 0 Å². The molecule has 1 N–H and O–H groups in total. The molecule has 0 saturated heterocycles. The zero-order valence-corrected chi connectivity index (χ0v) is 14.9. The highest BCUT2D eigenvalue weighted by Crippen LogP contribution is 2.21. The first-order valence-electron chi connectivity index (χ1n) is 7.67. The first-order valence-corrected chi connectivity index (χ1v) is 10.3. The summed E-state index contributed by atoms with van der Waals surface area (Å²) in [5.41, 5.74) is 1.26. The van der Waals surface area contributed by atoms with E-state index < -0.39 is 9.84 Å². The summed E-state index contributed by atoms with van der Waals surface area (Å²) in [6.45, 7) is 2.64. The summed E-state index contributed by atoms with van der Waals surface area (Å²) in [7, 11) is -2.87. The van der Waals surface area contributed by atoms with Crippen molar-refractivity contribution in [1.82, 2.24) is 5.32 Å². The fourth-order valence-corrected chi connectivity index (χ4v) is 3.81. The molecule has 1 aliphatic rings. The van der Waals surface area contributed by atoms with Crippen LogP contribution in [0.2, 0.25) is 0 Å². The minimum absolute atomic E-state index is 0.243. The molecule has 1 atom stereocenters. The molecule has 118 valence electrons. The van der Waals surface area contributed by atoms with Gasteiger partial charge in [0.1, 0.15) is 9.84 Å². The van der Waals surface area contributed by atoms with Gasteiger partial charge in [-0.05, 0) is 55.8 Å². The van der Waals surface area contributed by atoms with Crippen LogP contribution in [0, 0.1) is 5.92 Å². The van der Waals surface area contributed by atoms with Crippen molar-refractivity contribution < 1.29 is 8.42 Å². The molecule has 0 heterocycles. The fourth-order valence-electron chi connectivity index (χ4n) is 2.38. The van der Waals surface area contributed by atoms with Crippen molar-refractivity contribution in [3.8, 4) is 0 Å². The van der Waals surface area contributed by atoms with Crippen LogP contribution in [-0.2, 0) is 16.3 Å². The van der Waals surface area contributed by atoms with E-state index >= 15 is 0 Å². The van der Waals surface area contributed by atoms with Gasteiger partial charge in [0, 0.05) is 16.3 Å². The largest absolute Gasteiger partial charge is 0.314 e. The number of rotatable bonds is 9. The van der Waals surface area contributed by atoms with Gasteiger partial charge in [-0.3, -0.25) is 0 Å². The molecule has 0 aromatic heterocycles.